The maximum absolute atomic E-state index is 5.23. The maximum atomic E-state index is 5.23. The summed E-state index contributed by atoms with van der Waals surface area (Å²) in [5.74, 6) is 3.56. The van der Waals surface area contributed by atoms with Gasteiger partial charge in [-0.05, 0) is 12.1 Å². The van der Waals surface area contributed by atoms with Crippen molar-refractivity contribution in [2.45, 2.75) is 13.1 Å². The van der Waals surface area contributed by atoms with Crippen LogP contribution < -0.4 is 43.8 Å². The van der Waals surface area contributed by atoms with Gasteiger partial charge in [0.25, 0.3) is 0 Å². The predicted molar refractivity (Wildman–Crippen MR) is 123 cm³/mol. The summed E-state index contributed by atoms with van der Waals surface area (Å²) in [5.41, 5.74) is 0.210. The molecule has 4 aromatic rings. The second-order valence-electron chi connectivity index (χ2n) is 6.65. The SMILES string of the molecule is COc1ccc(OC)c2[cH-]ccc12.COc1ccc(OC)c2[cH-]ccc12.C[Si](C)=[Zr+2].[Cl-].[Cl-]. The van der Waals surface area contributed by atoms with E-state index in [9.17, 15) is 0 Å². The van der Waals surface area contributed by atoms with Gasteiger partial charge in [0, 0.05) is 11.5 Å². The van der Waals surface area contributed by atoms with E-state index in [-0.39, 0.29) is 30.2 Å². The Bertz CT molecular complexity index is 946. The summed E-state index contributed by atoms with van der Waals surface area (Å²) in [6.45, 7) is 4.62. The summed E-state index contributed by atoms with van der Waals surface area (Å²) in [7, 11) is 6.70. The van der Waals surface area contributed by atoms with Gasteiger partial charge < -0.3 is 43.8 Å². The molecular weight excluding hydrogens is 542 g/mol. The summed E-state index contributed by atoms with van der Waals surface area (Å²) in [6, 6.07) is 19.8. The molecule has 0 bridgehead atoms. The van der Waals surface area contributed by atoms with E-state index in [4.69, 9.17) is 18.9 Å². The minimum Gasteiger partial charge on any atom is -1.00 e. The molecule has 0 amide bonds. The van der Waals surface area contributed by atoms with Crippen molar-refractivity contribution in [1.29, 1.82) is 0 Å². The Balaban J connectivity index is 0.000000490. The van der Waals surface area contributed by atoms with Crippen molar-refractivity contribution >= 4 is 27.0 Å². The number of hydrogen-bond donors (Lipinski definition) is 0. The summed E-state index contributed by atoms with van der Waals surface area (Å²) in [6.07, 6.45) is 0. The Labute approximate surface area is 218 Å². The molecule has 0 radical (unpaired) electrons. The minimum atomic E-state index is 0. The van der Waals surface area contributed by atoms with Crippen LogP contribution in [0.2, 0.25) is 13.1 Å². The fraction of sp³-hybridized carbons (Fsp3) is 0.250. The largest absolute Gasteiger partial charge is 1.00 e. The average Bonchev–Trinajstić information content (AvgIpc) is 3.42. The minimum absolute atomic E-state index is 0. The number of benzene rings is 2. The third-order valence-corrected chi connectivity index (χ3v) is 4.35. The molecule has 0 spiro atoms. The zero-order valence-corrected chi connectivity index (χ0v) is 24.1. The molecule has 0 aliphatic carbocycles. The summed E-state index contributed by atoms with van der Waals surface area (Å²) in [4.78, 5) is 0. The van der Waals surface area contributed by atoms with Crippen molar-refractivity contribution in [2.75, 3.05) is 28.4 Å². The van der Waals surface area contributed by atoms with Crippen molar-refractivity contribution in [2.24, 2.45) is 0 Å². The van der Waals surface area contributed by atoms with E-state index in [2.05, 4.69) is 13.1 Å². The van der Waals surface area contributed by atoms with Crippen LogP contribution in [0.5, 0.6) is 23.0 Å². The molecule has 32 heavy (non-hydrogen) atoms. The van der Waals surface area contributed by atoms with Crippen molar-refractivity contribution in [1.82, 2.24) is 0 Å². The Morgan fingerprint density at radius 2 is 0.875 bits per heavy atom. The molecule has 0 fully saturated rings. The third kappa shape index (κ3) is 7.84. The van der Waals surface area contributed by atoms with Gasteiger partial charge in [-0.25, -0.2) is 0 Å². The molecule has 4 nitrogen and oxygen atoms in total. The summed E-state index contributed by atoms with van der Waals surface area (Å²) >= 11 is 1.74. The molecule has 172 valence electrons. The van der Waals surface area contributed by atoms with Gasteiger partial charge in [0.05, 0.1) is 39.9 Å². The van der Waals surface area contributed by atoms with Crippen LogP contribution in [0.15, 0.2) is 60.7 Å². The molecule has 0 atom stereocenters. The van der Waals surface area contributed by atoms with Crippen LogP contribution in [-0.2, 0) is 23.3 Å². The van der Waals surface area contributed by atoms with Gasteiger partial charge in [-0.1, -0.05) is 22.9 Å². The van der Waals surface area contributed by atoms with E-state index in [0.29, 0.717) is 0 Å². The molecule has 0 unspecified atom stereocenters. The first-order valence-corrected chi connectivity index (χ1v) is 15.7. The Hall–Kier alpha value is -1.46. The predicted octanol–water partition coefficient (Wildman–Crippen LogP) is -0.0559. The van der Waals surface area contributed by atoms with Crippen molar-refractivity contribution in [3.05, 3.63) is 60.7 Å². The van der Waals surface area contributed by atoms with E-state index >= 15 is 0 Å². The topological polar surface area (TPSA) is 36.9 Å². The van der Waals surface area contributed by atoms with Gasteiger partial charge in [0.2, 0.25) is 0 Å². The summed E-state index contributed by atoms with van der Waals surface area (Å²) in [5, 5.41) is 4.40. The molecule has 0 saturated carbocycles. The molecule has 4 aromatic carbocycles. The third-order valence-electron chi connectivity index (χ3n) is 4.35. The number of rotatable bonds is 4. The number of halogens is 2. The van der Waals surface area contributed by atoms with Gasteiger partial charge in [0.1, 0.15) is 0 Å². The first kappa shape index (κ1) is 30.5. The first-order valence-electron chi connectivity index (χ1n) is 9.51. The van der Waals surface area contributed by atoms with E-state index in [1.54, 1.807) is 51.8 Å². The van der Waals surface area contributed by atoms with Crippen LogP contribution in [0.3, 0.4) is 0 Å². The van der Waals surface area contributed by atoms with Crippen LogP contribution in [0.4, 0.5) is 0 Å². The fourth-order valence-electron chi connectivity index (χ4n) is 3.07. The molecule has 8 heteroatoms. The molecule has 0 heterocycles. The van der Waals surface area contributed by atoms with Crippen LogP contribution in [-0.4, -0.2) is 33.9 Å². The van der Waals surface area contributed by atoms with E-state index < -0.39 is 0 Å². The van der Waals surface area contributed by atoms with Gasteiger partial charge in [-0.2, -0.15) is 24.3 Å². The van der Waals surface area contributed by atoms with E-state index in [1.165, 1.54) is 0 Å². The molecule has 0 aliphatic rings. The standard InChI is InChI=1S/2C11H11O2.C2H6Si.2ClH.Zr/c2*1-12-10-6-7-11(13-2)9-5-3-4-8(9)10;1-3-2;;;/h2*3-7H,1-2H3;1-2H3;2*1H;/q2*-1;;;;+2/p-2. The van der Waals surface area contributed by atoms with Crippen molar-refractivity contribution in [3.63, 3.8) is 0 Å². The van der Waals surface area contributed by atoms with Gasteiger partial charge >= 0.3 is 41.9 Å². The van der Waals surface area contributed by atoms with Crippen LogP contribution in [0, 0.1) is 0 Å². The monoisotopic (exact) mass is 568 g/mol. The first-order chi connectivity index (χ1) is 14.5. The quantitative estimate of drug-likeness (QED) is 0.255. The van der Waals surface area contributed by atoms with Crippen molar-refractivity contribution in [3.8, 4) is 23.0 Å². The maximum Gasteiger partial charge on any atom is -1.00 e. The van der Waals surface area contributed by atoms with Crippen molar-refractivity contribution < 1.29 is 67.1 Å². The van der Waals surface area contributed by atoms with Crippen LogP contribution in [0.1, 0.15) is 0 Å². The van der Waals surface area contributed by atoms with E-state index in [0.717, 1.165) is 44.5 Å². The van der Waals surface area contributed by atoms with Crippen LogP contribution in [0.25, 0.3) is 21.5 Å². The Kier molecular flexibility index (Phi) is 14.7. The van der Waals surface area contributed by atoms with Gasteiger partial charge in [-0.15, -0.1) is 22.9 Å². The molecule has 0 N–H and O–H groups in total. The number of methoxy groups -OCH3 is 4. The summed E-state index contributed by atoms with van der Waals surface area (Å²) < 4.78 is 20.9. The smallest absolute Gasteiger partial charge is 1.00 e. The van der Waals surface area contributed by atoms with Gasteiger partial charge in [0.15, 0.2) is 0 Å². The molecule has 0 saturated heterocycles. The molecule has 0 aliphatic heterocycles. The molecule has 4 rings (SSSR count). The Morgan fingerprint density at radius 3 is 1.16 bits per heavy atom. The molecular formula is C24H28Cl2O4SiZr-2. The second kappa shape index (κ2) is 15.4. The number of fused-ring (bicyclic) bond motifs is 2. The van der Waals surface area contributed by atoms with Crippen LogP contribution >= 0.6 is 0 Å². The zero-order chi connectivity index (χ0) is 22.1. The average molecular weight is 571 g/mol. The Morgan fingerprint density at radius 1 is 0.594 bits per heavy atom. The second-order valence-corrected chi connectivity index (χ2v) is 16.0. The normalized spacial score (nSPS) is 9.25. The number of ether oxygens (including phenoxy) is 4. The van der Waals surface area contributed by atoms with E-state index in [1.807, 2.05) is 60.7 Å². The zero-order valence-electron chi connectivity index (χ0n) is 19.2. The van der Waals surface area contributed by atoms with Gasteiger partial charge in [-0.3, -0.25) is 0 Å². The number of hydrogen-bond acceptors (Lipinski definition) is 4. The fourth-order valence-corrected chi connectivity index (χ4v) is 3.07. The molecule has 0 aromatic heterocycles.